The molecule has 0 aromatic heterocycles. The van der Waals surface area contributed by atoms with Crippen molar-refractivity contribution in [3.8, 4) is 0 Å². The lowest BCUT2D eigenvalue weighted by atomic mass is 9.48. The van der Waals surface area contributed by atoms with E-state index in [-0.39, 0.29) is 23.4 Å². The molecular formula is C19H20BrFO3. The molecule has 0 spiro atoms. The standard InChI is InChI=1S/C19H20BrFO3/c20-14-1-2-16(21)15(6-14)18(23)24-10-17(22)19-7-11-3-12(8-19)5-13(4-11)9-19/h1-2,6,11-13H,3-5,7-10H2. The quantitative estimate of drug-likeness (QED) is 0.704. The number of esters is 1. The van der Waals surface area contributed by atoms with Gasteiger partial charge in [-0.1, -0.05) is 15.9 Å². The van der Waals surface area contributed by atoms with Crippen LogP contribution >= 0.6 is 15.9 Å². The first-order chi connectivity index (χ1) is 11.4. The molecule has 0 saturated heterocycles. The normalized spacial score (nSPS) is 33.5. The fraction of sp³-hybridized carbons (Fsp3) is 0.579. The zero-order chi connectivity index (χ0) is 16.9. The zero-order valence-electron chi connectivity index (χ0n) is 13.4. The minimum atomic E-state index is -0.771. The summed E-state index contributed by atoms with van der Waals surface area (Å²) in [5.41, 5.74) is -0.423. The van der Waals surface area contributed by atoms with Crippen LogP contribution in [0, 0.1) is 29.0 Å². The Morgan fingerprint density at radius 3 is 2.29 bits per heavy atom. The van der Waals surface area contributed by atoms with E-state index in [0.717, 1.165) is 19.3 Å². The Morgan fingerprint density at radius 2 is 1.71 bits per heavy atom. The minimum Gasteiger partial charge on any atom is -0.454 e. The van der Waals surface area contributed by atoms with Crippen molar-refractivity contribution in [3.63, 3.8) is 0 Å². The van der Waals surface area contributed by atoms with Gasteiger partial charge >= 0.3 is 5.97 Å². The van der Waals surface area contributed by atoms with Gasteiger partial charge in [0.25, 0.3) is 0 Å². The molecule has 5 heteroatoms. The monoisotopic (exact) mass is 394 g/mol. The van der Waals surface area contributed by atoms with E-state index in [9.17, 15) is 14.0 Å². The lowest BCUT2D eigenvalue weighted by Gasteiger charge is -2.55. The molecule has 0 N–H and O–H groups in total. The zero-order valence-corrected chi connectivity index (χ0v) is 15.0. The van der Waals surface area contributed by atoms with Gasteiger partial charge in [-0.25, -0.2) is 9.18 Å². The predicted octanol–water partition coefficient (Wildman–Crippen LogP) is 4.53. The molecule has 4 aliphatic carbocycles. The maximum atomic E-state index is 13.8. The first-order valence-corrected chi connectivity index (χ1v) is 9.40. The number of ketones is 1. The first-order valence-electron chi connectivity index (χ1n) is 8.61. The van der Waals surface area contributed by atoms with Gasteiger partial charge in [-0.05, 0) is 74.5 Å². The topological polar surface area (TPSA) is 43.4 Å². The van der Waals surface area contributed by atoms with Crippen molar-refractivity contribution in [1.82, 2.24) is 0 Å². The smallest absolute Gasteiger partial charge is 0.341 e. The molecule has 4 fully saturated rings. The van der Waals surface area contributed by atoms with Crippen molar-refractivity contribution < 1.29 is 18.7 Å². The van der Waals surface area contributed by atoms with Crippen molar-refractivity contribution >= 4 is 27.7 Å². The van der Waals surface area contributed by atoms with Crippen LogP contribution in [-0.4, -0.2) is 18.4 Å². The SMILES string of the molecule is O=C(OCC(=O)C12CC3CC(CC(C3)C1)C2)c1cc(Br)ccc1F. The van der Waals surface area contributed by atoms with Gasteiger partial charge in [0, 0.05) is 9.89 Å². The Hall–Kier alpha value is -1.23. The summed E-state index contributed by atoms with van der Waals surface area (Å²) < 4.78 is 19.5. The lowest BCUT2D eigenvalue weighted by Crippen LogP contribution is -2.51. The fourth-order valence-corrected chi connectivity index (χ4v) is 5.83. The van der Waals surface area contributed by atoms with Crippen LogP contribution in [0.4, 0.5) is 4.39 Å². The van der Waals surface area contributed by atoms with Gasteiger partial charge in [-0.15, -0.1) is 0 Å². The van der Waals surface area contributed by atoms with Gasteiger partial charge in [0.2, 0.25) is 0 Å². The van der Waals surface area contributed by atoms with Crippen molar-refractivity contribution in [2.45, 2.75) is 38.5 Å². The Bertz CT molecular complexity index is 665. The predicted molar refractivity (Wildman–Crippen MR) is 90.0 cm³/mol. The number of benzene rings is 1. The summed E-state index contributed by atoms with van der Waals surface area (Å²) in [6.45, 7) is -0.239. The Kier molecular flexibility index (Phi) is 4.02. The molecule has 4 aliphatic rings. The summed E-state index contributed by atoms with van der Waals surface area (Å²) in [5.74, 6) is 0.623. The average Bonchev–Trinajstić information content (AvgIpc) is 2.53. The number of Topliss-reactive ketones (excluding diaryl/α,β-unsaturated/α-hetero) is 1. The van der Waals surface area contributed by atoms with Gasteiger partial charge in [-0.2, -0.15) is 0 Å². The molecule has 4 bridgehead atoms. The van der Waals surface area contributed by atoms with Gasteiger partial charge in [0.15, 0.2) is 12.4 Å². The van der Waals surface area contributed by atoms with Gasteiger partial charge in [0.05, 0.1) is 5.56 Å². The van der Waals surface area contributed by atoms with E-state index >= 15 is 0 Å². The van der Waals surface area contributed by atoms with Crippen molar-refractivity contribution in [1.29, 1.82) is 0 Å². The summed E-state index contributed by atoms with van der Waals surface area (Å²) in [4.78, 5) is 24.9. The fourth-order valence-electron chi connectivity index (χ4n) is 5.47. The van der Waals surface area contributed by atoms with Crippen LogP contribution in [-0.2, 0) is 9.53 Å². The molecule has 1 aromatic carbocycles. The lowest BCUT2D eigenvalue weighted by molar-refractivity contribution is -0.147. The van der Waals surface area contributed by atoms with E-state index in [2.05, 4.69) is 15.9 Å². The molecule has 0 heterocycles. The molecule has 0 radical (unpaired) electrons. The van der Waals surface area contributed by atoms with E-state index in [0.29, 0.717) is 22.2 Å². The van der Waals surface area contributed by atoms with Crippen LogP contribution in [0.15, 0.2) is 22.7 Å². The highest BCUT2D eigenvalue weighted by molar-refractivity contribution is 9.10. The van der Waals surface area contributed by atoms with Gasteiger partial charge in [0.1, 0.15) is 5.82 Å². The van der Waals surface area contributed by atoms with Crippen LogP contribution in [0.3, 0.4) is 0 Å². The molecule has 128 valence electrons. The van der Waals surface area contributed by atoms with Crippen molar-refractivity contribution in [2.75, 3.05) is 6.61 Å². The molecular weight excluding hydrogens is 375 g/mol. The largest absolute Gasteiger partial charge is 0.454 e. The molecule has 24 heavy (non-hydrogen) atoms. The number of halogens is 2. The molecule has 0 unspecified atom stereocenters. The highest BCUT2D eigenvalue weighted by Gasteiger charge is 2.54. The summed E-state index contributed by atoms with van der Waals surface area (Å²) in [6, 6.07) is 4.11. The van der Waals surface area contributed by atoms with Crippen LogP contribution in [0.1, 0.15) is 48.9 Å². The number of ether oxygens (including phenoxy) is 1. The highest BCUT2D eigenvalue weighted by Crippen LogP contribution is 2.60. The third-order valence-corrected chi connectivity index (χ3v) is 6.61. The van der Waals surface area contributed by atoms with Crippen LogP contribution in [0.25, 0.3) is 0 Å². The minimum absolute atomic E-state index is 0.0327. The van der Waals surface area contributed by atoms with E-state index in [1.807, 2.05) is 0 Å². The maximum absolute atomic E-state index is 13.8. The van der Waals surface area contributed by atoms with E-state index in [4.69, 9.17) is 4.74 Å². The number of hydrogen-bond donors (Lipinski definition) is 0. The second kappa shape index (κ2) is 5.94. The summed E-state index contributed by atoms with van der Waals surface area (Å²) in [5, 5.41) is 0. The van der Waals surface area contributed by atoms with Crippen LogP contribution < -0.4 is 0 Å². The second-order valence-electron chi connectivity index (χ2n) is 7.82. The number of carbonyl (C=O) groups is 2. The van der Waals surface area contributed by atoms with Gasteiger partial charge in [-0.3, -0.25) is 4.79 Å². The molecule has 0 amide bonds. The third kappa shape index (κ3) is 2.81. The van der Waals surface area contributed by atoms with E-state index < -0.39 is 11.8 Å². The molecule has 5 rings (SSSR count). The molecule has 1 aromatic rings. The molecule has 0 aliphatic heterocycles. The van der Waals surface area contributed by atoms with Crippen LogP contribution in [0.2, 0.25) is 0 Å². The number of rotatable bonds is 4. The van der Waals surface area contributed by atoms with Crippen molar-refractivity contribution in [2.24, 2.45) is 23.2 Å². The molecule has 4 saturated carbocycles. The summed E-state index contributed by atoms with van der Waals surface area (Å²) in [6.07, 6.45) is 6.61. The summed E-state index contributed by atoms with van der Waals surface area (Å²) in [7, 11) is 0. The van der Waals surface area contributed by atoms with Crippen molar-refractivity contribution in [3.05, 3.63) is 34.1 Å². The Labute approximate surface area is 149 Å². The Balaban J connectivity index is 1.43. The van der Waals surface area contributed by atoms with E-state index in [1.165, 1.54) is 37.5 Å². The Morgan fingerprint density at radius 1 is 1.12 bits per heavy atom. The molecule has 0 atom stereocenters. The number of hydrogen-bond acceptors (Lipinski definition) is 3. The van der Waals surface area contributed by atoms with Crippen LogP contribution in [0.5, 0.6) is 0 Å². The second-order valence-corrected chi connectivity index (χ2v) is 8.74. The van der Waals surface area contributed by atoms with E-state index in [1.54, 1.807) is 0 Å². The highest BCUT2D eigenvalue weighted by atomic mass is 79.9. The molecule has 3 nitrogen and oxygen atoms in total. The van der Waals surface area contributed by atoms with Gasteiger partial charge < -0.3 is 4.74 Å². The number of carbonyl (C=O) groups excluding carboxylic acids is 2. The summed E-state index contributed by atoms with van der Waals surface area (Å²) >= 11 is 3.21. The first kappa shape index (κ1) is 16.2. The third-order valence-electron chi connectivity index (χ3n) is 6.11. The maximum Gasteiger partial charge on any atom is 0.341 e. The average molecular weight is 395 g/mol.